The number of nitrogens with two attached hydrogens (primary N) is 1. The largest absolute Gasteiger partial charge is 0.308 e. The number of nitrogens with one attached hydrogen (secondary N) is 1. The van der Waals surface area contributed by atoms with Crippen molar-refractivity contribution in [2.45, 2.75) is 19.8 Å². The minimum absolute atomic E-state index is 0.661. The summed E-state index contributed by atoms with van der Waals surface area (Å²) in [6.07, 6.45) is 1.57. The summed E-state index contributed by atoms with van der Waals surface area (Å²) >= 11 is 3.42. The maximum absolute atomic E-state index is 5.41. The predicted molar refractivity (Wildman–Crippen MR) is 76.2 cm³/mol. The van der Waals surface area contributed by atoms with Gasteiger partial charge in [0.1, 0.15) is 11.6 Å². The van der Waals surface area contributed by atoms with Gasteiger partial charge in [0, 0.05) is 22.7 Å². The maximum atomic E-state index is 5.41. The van der Waals surface area contributed by atoms with Gasteiger partial charge in [-0.1, -0.05) is 35.0 Å². The van der Waals surface area contributed by atoms with Gasteiger partial charge in [-0.3, -0.25) is 0 Å². The molecule has 0 aliphatic heterocycles. The van der Waals surface area contributed by atoms with E-state index in [0.29, 0.717) is 12.2 Å². The number of aryl methyl sites for hydroxylation is 1. The molecule has 1 aromatic heterocycles. The first-order valence-electron chi connectivity index (χ1n) is 5.79. The van der Waals surface area contributed by atoms with E-state index in [1.165, 1.54) is 5.56 Å². The molecule has 0 bridgehead atoms. The lowest BCUT2D eigenvalue weighted by molar-refractivity contribution is 0.905. The fourth-order valence-electron chi connectivity index (χ4n) is 1.67. The van der Waals surface area contributed by atoms with Crippen LogP contribution in [-0.4, -0.2) is 9.97 Å². The van der Waals surface area contributed by atoms with E-state index in [9.17, 15) is 0 Å². The lowest BCUT2D eigenvalue weighted by Gasteiger charge is -2.06. The summed E-state index contributed by atoms with van der Waals surface area (Å²) < 4.78 is 1.07. The molecule has 0 amide bonds. The van der Waals surface area contributed by atoms with Gasteiger partial charge >= 0.3 is 0 Å². The van der Waals surface area contributed by atoms with Crippen LogP contribution in [0.5, 0.6) is 0 Å². The molecule has 0 aliphatic carbocycles. The SMILES string of the molecule is CCc1cc(NN)nc(Cc2ccc(Br)cc2)n1. The average molecular weight is 307 g/mol. The van der Waals surface area contributed by atoms with Crippen molar-refractivity contribution in [3.63, 3.8) is 0 Å². The van der Waals surface area contributed by atoms with E-state index in [1.807, 2.05) is 18.2 Å². The van der Waals surface area contributed by atoms with Crippen molar-refractivity contribution in [3.05, 3.63) is 51.9 Å². The Labute approximate surface area is 115 Å². The van der Waals surface area contributed by atoms with Crippen LogP contribution in [0.15, 0.2) is 34.8 Å². The second-order valence-corrected chi connectivity index (χ2v) is 4.88. The van der Waals surface area contributed by atoms with Crippen LogP contribution in [0, 0.1) is 0 Å². The predicted octanol–water partition coefficient (Wildman–Crippen LogP) is 2.68. The van der Waals surface area contributed by atoms with Crippen LogP contribution in [-0.2, 0) is 12.8 Å². The summed E-state index contributed by atoms with van der Waals surface area (Å²) in [5.74, 6) is 6.85. The highest BCUT2D eigenvalue weighted by Crippen LogP contribution is 2.14. The van der Waals surface area contributed by atoms with Crippen LogP contribution < -0.4 is 11.3 Å². The zero-order valence-corrected chi connectivity index (χ0v) is 11.7. The highest BCUT2D eigenvalue weighted by atomic mass is 79.9. The van der Waals surface area contributed by atoms with Crippen molar-refractivity contribution in [1.82, 2.24) is 9.97 Å². The van der Waals surface area contributed by atoms with Crippen molar-refractivity contribution in [2.75, 3.05) is 5.43 Å². The Balaban J connectivity index is 2.25. The number of hydrogen-bond donors (Lipinski definition) is 2. The molecule has 2 rings (SSSR count). The van der Waals surface area contributed by atoms with Gasteiger partial charge in [0.2, 0.25) is 0 Å². The van der Waals surface area contributed by atoms with Crippen molar-refractivity contribution >= 4 is 21.7 Å². The molecule has 0 radical (unpaired) electrons. The molecular formula is C13H15BrN4. The summed E-state index contributed by atoms with van der Waals surface area (Å²) in [5.41, 5.74) is 4.74. The third-order valence-electron chi connectivity index (χ3n) is 2.61. The minimum atomic E-state index is 0.661. The van der Waals surface area contributed by atoms with Crippen molar-refractivity contribution < 1.29 is 0 Å². The molecule has 1 heterocycles. The fourth-order valence-corrected chi connectivity index (χ4v) is 1.94. The van der Waals surface area contributed by atoms with Gasteiger partial charge in [0.25, 0.3) is 0 Å². The molecule has 4 nitrogen and oxygen atoms in total. The molecular weight excluding hydrogens is 292 g/mol. The van der Waals surface area contributed by atoms with Gasteiger partial charge in [0.05, 0.1) is 0 Å². The molecule has 1 aromatic carbocycles. The van der Waals surface area contributed by atoms with Gasteiger partial charge in [-0.15, -0.1) is 0 Å². The molecule has 0 unspecified atom stereocenters. The smallest absolute Gasteiger partial charge is 0.143 e. The van der Waals surface area contributed by atoms with Crippen LogP contribution in [0.1, 0.15) is 24.0 Å². The normalized spacial score (nSPS) is 10.4. The molecule has 0 fully saturated rings. The number of rotatable bonds is 4. The monoisotopic (exact) mass is 306 g/mol. The highest BCUT2D eigenvalue weighted by molar-refractivity contribution is 9.10. The summed E-state index contributed by atoms with van der Waals surface area (Å²) in [5, 5.41) is 0. The molecule has 0 aliphatic rings. The molecule has 0 saturated carbocycles. The standard InChI is InChI=1S/C13H15BrN4/c1-2-11-8-13(18-15)17-12(16-11)7-9-3-5-10(14)6-4-9/h3-6,8H,2,7,15H2,1H3,(H,16,17,18). The number of hydrogen-bond acceptors (Lipinski definition) is 4. The maximum Gasteiger partial charge on any atom is 0.143 e. The molecule has 2 aromatic rings. The van der Waals surface area contributed by atoms with Crippen molar-refractivity contribution in [2.24, 2.45) is 5.84 Å². The summed E-state index contributed by atoms with van der Waals surface area (Å²) in [7, 11) is 0. The summed E-state index contributed by atoms with van der Waals surface area (Å²) in [6, 6.07) is 10.0. The van der Waals surface area contributed by atoms with Crippen LogP contribution in [0.25, 0.3) is 0 Å². The lowest BCUT2D eigenvalue weighted by atomic mass is 10.1. The van der Waals surface area contributed by atoms with Crippen LogP contribution in [0.2, 0.25) is 0 Å². The van der Waals surface area contributed by atoms with Crippen LogP contribution in [0.4, 0.5) is 5.82 Å². The van der Waals surface area contributed by atoms with E-state index in [0.717, 1.165) is 22.4 Å². The zero-order chi connectivity index (χ0) is 13.0. The topological polar surface area (TPSA) is 63.8 Å². The van der Waals surface area contributed by atoms with E-state index in [-0.39, 0.29) is 0 Å². The van der Waals surface area contributed by atoms with E-state index in [1.54, 1.807) is 0 Å². The second-order valence-electron chi connectivity index (χ2n) is 3.96. The quantitative estimate of drug-likeness (QED) is 0.673. The van der Waals surface area contributed by atoms with E-state index >= 15 is 0 Å². The Bertz CT molecular complexity index is 503. The van der Waals surface area contributed by atoms with Gasteiger partial charge < -0.3 is 5.43 Å². The zero-order valence-electron chi connectivity index (χ0n) is 10.2. The molecule has 0 saturated heterocycles. The first-order chi connectivity index (χ1) is 8.71. The Morgan fingerprint density at radius 2 is 1.94 bits per heavy atom. The molecule has 5 heteroatoms. The molecule has 0 atom stereocenters. The number of nitrogen functional groups attached to an aromatic ring is 1. The van der Waals surface area contributed by atoms with Gasteiger partial charge in [-0.25, -0.2) is 15.8 Å². The highest BCUT2D eigenvalue weighted by Gasteiger charge is 2.04. The molecule has 0 spiro atoms. The average Bonchev–Trinajstić information content (AvgIpc) is 2.41. The lowest BCUT2D eigenvalue weighted by Crippen LogP contribution is -2.11. The Kier molecular flexibility index (Phi) is 4.28. The summed E-state index contributed by atoms with van der Waals surface area (Å²) in [6.45, 7) is 2.06. The first kappa shape index (κ1) is 13.0. The van der Waals surface area contributed by atoms with Crippen LogP contribution >= 0.6 is 15.9 Å². The Morgan fingerprint density at radius 1 is 1.22 bits per heavy atom. The number of aromatic nitrogens is 2. The Morgan fingerprint density at radius 3 is 2.56 bits per heavy atom. The third-order valence-corrected chi connectivity index (χ3v) is 3.14. The van der Waals surface area contributed by atoms with Gasteiger partial charge in [0.15, 0.2) is 0 Å². The first-order valence-corrected chi connectivity index (χ1v) is 6.58. The van der Waals surface area contributed by atoms with Crippen molar-refractivity contribution in [1.29, 1.82) is 0 Å². The third kappa shape index (κ3) is 3.27. The van der Waals surface area contributed by atoms with Gasteiger partial charge in [-0.2, -0.15) is 0 Å². The number of hydrazine groups is 1. The Hall–Kier alpha value is -1.46. The van der Waals surface area contributed by atoms with Crippen LogP contribution in [0.3, 0.4) is 0 Å². The number of benzene rings is 1. The summed E-state index contributed by atoms with van der Waals surface area (Å²) in [4.78, 5) is 8.86. The molecule has 18 heavy (non-hydrogen) atoms. The molecule has 3 N–H and O–H groups in total. The minimum Gasteiger partial charge on any atom is -0.308 e. The second kappa shape index (κ2) is 5.93. The molecule has 94 valence electrons. The van der Waals surface area contributed by atoms with Gasteiger partial charge in [-0.05, 0) is 24.1 Å². The van der Waals surface area contributed by atoms with E-state index in [2.05, 4.69) is 50.4 Å². The number of halogens is 1. The number of anilines is 1. The van der Waals surface area contributed by atoms with E-state index < -0.39 is 0 Å². The van der Waals surface area contributed by atoms with Crippen molar-refractivity contribution in [3.8, 4) is 0 Å². The van der Waals surface area contributed by atoms with E-state index in [4.69, 9.17) is 5.84 Å². The fraction of sp³-hybridized carbons (Fsp3) is 0.231. The number of nitrogens with zero attached hydrogens (tertiary/aromatic N) is 2.